The zero-order chi connectivity index (χ0) is 26.1. The normalized spacial score (nSPS) is 12.7. The van der Waals surface area contributed by atoms with Crippen LogP contribution in [0.25, 0.3) is 11.1 Å². The Morgan fingerprint density at radius 3 is 2.47 bits per heavy atom. The molecule has 36 heavy (non-hydrogen) atoms. The van der Waals surface area contributed by atoms with Crippen molar-refractivity contribution in [3.63, 3.8) is 0 Å². The first-order valence-corrected chi connectivity index (χ1v) is 11.5. The number of nitrogens with zero attached hydrogens (tertiary/aromatic N) is 1. The number of halogens is 1. The van der Waals surface area contributed by atoms with Crippen LogP contribution in [0.4, 0.5) is 4.39 Å². The van der Waals surface area contributed by atoms with Gasteiger partial charge in [-0.3, -0.25) is 4.79 Å². The average molecular weight is 500 g/mol. The van der Waals surface area contributed by atoms with Gasteiger partial charge in [-0.1, -0.05) is 18.2 Å². The first kappa shape index (κ1) is 27.1. The summed E-state index contributed by atoms with van der Waals surface area (Å²) >= 11 is 0. The summed E-state index contributed by atoms with van der Waals surface area (Å²) < 4.78 is 31.4. The molecule has 8 nitrogen and oxygen atoms in total. The lowest BCUT2D eigenvalue weighted by atomic mass is 10.0. The van der Waals surface area contributed by atoms with Gasteiger partial charge in [-0.15, -0.1) is 0 Å². The van der Waals surface area contributed by atoms with E-state index >= 15 is 0 Å². The molecule has 2 aromatic carbocycles. The van der Waals surface area contributed by atoms with Crippen molar-refractivity contribution in [1.29, 1.82) is 0 Å². The van der Waals surface area contributed by atoms with Crippen LogP contribution in [0.1, 0.15) is 36.1 Å². The lowest BCUT2D eigenvalue weighted by molar-refractivity contribution is -0.140. The Morgan fingerprint density at radius 2 is 1.83 bits per heavy atom. The zero-order valence-corrected chi connectivity index (χ0v) is 20.2. The second-order valence-electron chi connectivity index (χ2n) is 8.20. The largest absolute Gasteiger partial charge is 0.489 e. The molecule has 0 amide bonds. The van der Waals surface area contributed by atoms with Crippen LogP contribution in [0.5, 0.6) is 11.6 Å². The molecule has 0 spiro atoms. The van der Waals surface area contributed by atoms with Crippen molar-refractivity contribution in [3.8, 4) is 22.8 Å². The summed E-state index contributed by atoms with van der Waals surface area (Å²) in [6.07, 6.45) is -0.162. The summed E-state index contributed by atoms with van der Waals surface area (Å²) in [5, 5.41) is 27.4. The maximum absolute atomic E-state index is 14.7. The number of aliphatic hydroxyl groups excluding tert-OH is 2. The van der Waals surface area contributed by atoms with Gasteiger partial charge in [-0.25, -0.2) is 9.37 Å². The van der Waals surface area contributed by atoms with Crippen LogP contribution in [0.2, 0.25) is 0 Å². The Labute approximate surface area is 208 Å². The molecule has 1 aromatic heterocycles. The van der Waals surface area contributed by atoms with Crippen LogP contribution >= 0.6 is 0 Å². The third-order valence-corrected chi connectivity index (χ3v) is 5.43. The smallest absolute Gasteiger partial charge is 0.306 e. The lowest BCUT2D eigenvalue weighted by Gasteiger charge is -2.16. The lowest BCUT2D eigenvalue weighted by Crippen LogP contribution is -2.21. The third kappa shape index (κ3) is 7.48. The maximum Gasteiger partial charge on any atom is 0.306 e. The Kier molecular flexibility index (Phi) is 9.75. The molecule has 192 valence electrons. The van der Waals surface area contributed by atoms with Gasteiger partial charge in [0.1, 0.15) is 30.9 Å². The third-order valence-electron chi connectivity index (χ3n) is 5.43. The van der Waals surface area contributed by atoms with Crippen molar-refractivity contribution >= 4 is 5.97 Å². The molecule has 3 N–H and O–H groups in total. The molecular formula is C27H30FNO7. The molecule has 3 rings (SSSR count). The number of pyridine rings is 1. The second kappa shape index (κ2) is 13.0. The predicted molar refractivity (Wildman–Crippen MR) is 130 cm³/mol. The Morgan fingerprint density at radius 1 is 1.08 bits per heavy atom. The molecule has 1 heterocycles. The highest BCUT2D eigenvalue weighted by Crippen LogP contribution is 2.29. The number of aryl methyl sites for hydroxylation is 1. The molecule has 0 aliphatic rings. The van der Waals surface area contributed by atoms with Crippen LogP contribution in [0.15, 0.2) is 54.7 Å². The van der Waals surface area contributed by atoms with Crippen LogP contribution in [-0.2, 0) is 16.1 Å². The summed E-state index contributed by atoms with van der Waals surface area (Å²) in [5.74, 6) is -0.492. The van der Waals surface area contributed by atoms with Crippen LogP contribution in [0.3, 0.4) is 0 Å². The van der Waals surface area contributed by atoms with E-state index in [1.54, 1.807) is 49.4 Å². The SMILES string of the molecule is CCO[C@@H](CC(=O)O)c1ccc(OCc2ccc(F)c(-c3cnc(OCC(O)CO)cc3C)c2)cc1. The number of rotatable bonds is 13. The van der Waals surface area contributed by atoms with E-state index in [4.69, 9.17) is 24.4 Å². The van der Waals surface area contributed by atoms with Crippen molar-refractivity contribution in [2.45, 2.75) is 39.1 Å². The number of aliphatic hydroxyl groups is 2. The van der Waals surface area contributed by atoms with Gasteiger partial charge in [0, 0.05) is 30.0 Å². The molecule has 0 aliphatic carbocycles. The monoisotopic (exact) mass is 499 g/mol. The molecule has 0 bridgehead atoms. The molecular weight excluding hydrogens is 469 g/mol. The molecule has 0 fully saturated rings. The first-order valence-electron chi connectivity index (χ1n) is 11.5. The number of hydrogen-bond acceptors (Lipinski definition) is 7. The highest BCUT2D eigenvalue weighted by Gasteiger charge is 2.16. The van der Waals surface area contributed by atoms with Crippen molar-refractivity contribution < 1.29 is 38.7 Å². The van der Waals surface area contributed by atoms with Crippen LogP contribution in [0, 0.1) is 12.7 Å². The van der Waals surface area contributed by atoms with Crippen molar-refractivity contribution in [1.82, 2.24) is 4.98 Å². The first-order chi connectivity index (χ1) is 17.3. The van der Waals surface area contributed by atoms with Gasteiger partial charge in [0.25, 0.3) is 0 Å². The van der Waals surface area contributed by atoms with Crippen LogP contribution in [-0.4, -0.2) is 52.2 Å². The van der Waals surface area contributed by atoms with Gasteiger partial charge < -0.3 is 29.5 Å². The average Bonchev–Trinajstić information content (AvgIpc) is 2.87. The van der Waals surface area contributed by atoms with E-state index in [1.165, 1.54) is 12.3 Å². The Balaban J connectivity index is 1.69. The fourth-order valence-corrected chi connectivity index (χ4v) is 3.57. The molecule has 2 atom stereocenters. The van der Waals surface area contributed by atoms with E-state index in [1.807, 2.05) is 6.92 Å². The van der Waals surface area contributed by atoms with Crippen molar-refractivity contribution in [3.05, 3.63) is 77.2 Å². The summed E-state index contributed by atoms with van der Waals surface area (Å²) in [6, 6.07) is 13.4. The van der Waals surface area contributed by atoms with E-state index < -0.39 is 30.6 Å². The minimum atomic E-state index is -1.01. The zero-order valence-electron chi connectivity index (χ0n) is 20.2. The topological polar surface area (TPSA) is 118 Å². The highest BCUT2D eigenvalue weighted by atomic mass is 19.1. The fourth-order valence-electron chi connectivity index (χ4n) is 3.57. The fraction of sp³-hybridized carbons (Fsp3) is 0.333. The summed E-state index contributed by atoms with van der Waals surface area (Å²) in [4.78, 5) is 15.3. The van der Waals surface area contributed by atoms with Gasteiger partial charge in [0.15, 0.2) is 0 Å². The molecule has 1 unspecified atom stereocenters. The Hall–Kier alpha value is -3.53. The molecule has 0 aliphatic heterocycles. The number of benzene rings is 2. The number of hydrogen-bond donors (Lipinski definition) is 3. The van der Waals surface area contributed by atoms with E-state index in [0.29, 0.717) is 23.5 Å². The quantitative estimate of drug-likeness (QED) is 0.322. The number of carboxylic acids is 1. The number of aromatic nitrogens is 1. The van der Waals surface area contributed by atoms with E-state index in [0.717, 1.165) is 16.7 Å². The second-order valence-corrected chi connectivity index (χ2v) is 8.20. The van der Waals surface area contributed by atoms with Crippen LogP contribution < -0.4 is 9.47 Å². The van der Waals surface area contributed by atoms with E-state index in [9.17, 15) is 14.3 Å². The van der Waals surface area contributed by atoms with Gasteiger partial charge in [-0.05, 0) is 54.8 Å². The van der Waals surface area contributed by atoms with E-state index in [-0.39, 0.29) is 25.5 Å². The molecule has 0 radical (unpaired) electrons. The molecule has 0 saturated carbocycles. The number of ether oxygens (including phenoxy) is 3. The number of carbonyl (C=O) groups is 1. The number of aliphatic carboxylic acids is 1. The Bertz CT molecular complexity index is 1150. The molecule has 0 saturated heterocycles. The highest BCUT2D eigenvalue weighted by molar-refractivity contribution is 5.68. The van der Waals surface area contributed by atoms with Gasteiger partial charge in [-0.2, -0.15) is 0 Å². The van der Waals surface area contributed by atoms with Gasteiger partial charge in [0.2, 0.25) is 5.88 Å². The van der Waals surface area contributed by atoms with E-state index in [2.05, 4.69) is 4.98 Å². The predicted octanol–water partition coefficient (Wildman–Crippen LogP) is 4.06. The molecule has 3 aromatic rings. The van der Waals surface area contributed by atoms with Crippen molar-refractivity contribution in [2.24, 2.45) is 0 Å². The minimum Gasteiger partial charge on any atom is -0.489 e. The summed E-state index contributed by atoms with van der Waals surface area (Å²) in [5.41, 5.74) is 3.19. The maximum atomic E-state index is 14.7. The number of carboxylic acid groups (broad SMARTS) is 1. The summed E-state index contributed by atoms with van der Waals surface area (Å²) in [6.45, 7) is 3.70. The molecule has 9 heteroatoms. The standard InChI is InChI=1S/C27H30FNO7/c1-3-34-25(12-27(32)33)19-5-7-21(8-6-19)35-15-18-4-9-24(28)22(11-18)23-13-29-26(10-17(23)2)36-16-20(31)14-30/h4-11,13,20,25,30-31H,3,12,14-16H2,1-2H3,(H,32,33)/t20?,25-/m0/s1. The minimum absolute atomic E-state index is 0.101. The van der Waals surface area contributed by atoms with Crippen molar-refractivity contribution in [2.75, 3.05) is 19.8 Å². The van der Waals surface area contributed by atoms with Gasteiger partial charge in [0.05, 0.1) is 19.1 Å². The van der Waals surface area contributed by atoms with Gasteiger partial charge >= 0.3 is 5.97 Å². The summed E-state index contributed by atoms with van der Waals surface area (Å²) in [7, 11) is 0.